The van der Waals surface area contributed by atoms with Gasteiger partial charge in [-0.15, -0.1) is 0 Å². The predicted octanol–water partition coefficient (Wildman–Crippen LogP) is 16.8. The second kappa shape index (κ2) is 13.4. The Morgan fingerprint density at radius 1 is 0.375 bits per heavy atom. The number of hydrogen-bond acceptors (Lipinski definition) is 1. The van der Waals surface area contributed by atoms with E-state index in [0.29, 0.717) is 11.8 Å². The lowest BCUT2D eigenvalue weighted by Gasteiger charge is -2.61. The number of fused-ring (bicyclic) bond motifs is 9. The molecule has 0 heterocycles. The van der Waals surface area contributed by atoms with Crippen LogP contribution in [0.15, 0.2) is 188 Å². The third kappa shape index (κ3) is 4.91. The summed E-state index contributed by atoms with van der Waals surface area (Å²) >= 11 is 0. The summed E-state index contributed by atoms with van der Waals surface area (Å²) < 4.78 is 0. The minimum Gasteiger partial charge on any atom is -0.309 e. The second-order valence-electron chi connectivity index (χ2n) is 20.4. The van der Waals surface area contributed by atoms with Crippen molar-refractivity contribution in [2.45, 2.75) is 56.8 Å². The molecule has 1 spiro atoms. The SMILES string of the molecule is CC1(C)c2ccccc2-c2cccc(-c3ccccc3N(c3ccc4c(c3)C3(c5ccccc5-4)C4CC5CC(C4)CC3C5)c3ccccc3-c3cccc4c3ccc3ccccc34)c21. The molecule has 9 aromatic carbocycles. The Balaban J connectivity index is 1.04. The van der Waals surface area contributed by atoms with E-state index in [-0.39, 0.29) is 10.8 Å². The third-order valence-electron chi connectivity index (χ3n) is 17.0. The zero-order valence-electron chi connectivity index (χ0n) is 36.7. The molecule has 4 saturated carbocycles. The van der Waals surface area contributed by atoms with Gasteiger partial charge in [0.1, 0.15) is 0 Å². The van der Waals surface area contributed by atoms with Crippen molar-refractivity contribution in [2.75, 3.05) is 4.90 Å². The molecule has 15 rings (SSSR count). The van der Waals surface area contributed by atoms with Crippen molar-refractivity contribution in [1.82, 2.24) is 0 Å². The van der Waals surface area contributed by atoms with Gasteiger partial charge in [-0.3, -0.25) is 0 Å². The third-order valence-corrected chi connectivity index (χ3v) is 17.0. The van der Waals surface area contributed by atoms with Crippen LogP contribution in [0.2, 0.25) is 0 Å². The Labute approximate surface area is 377 Å². The molecule has 4 fully saturated rings. The average molecular weight is 822 g/mol. The molecule has 6 aliphatic rings. The van der Waals surface area contributed by atoms with Crippen molar-refractivity contribution < 1.29 is 0 Å². The Kier molecular flexibility index (Phi) is 7.70. The van der Waals surface area contributed by atoms with Gasteiger partial charge in [-0.1, -0.05) is 178 Å². The van der Waals surface area contributed by atoms with Crippen LogP contribution in [0.5, 0.6) is 0 Å². The molecule has 0 amide bonds. The molecule has 0 aromatic heterocycles. The van der Waals surface area contributed by atoms with Crippen molar-refractivity contribution in [3.05, 3.63) is 210 Å². The first-order chi connectivity index (χ1) is 31.5. The molecular formula is C63H51N. The molecule has 308 valence electrons. The van der Waals surface area contributed by atoms with Gasteiger partial charge in [-0.2, -0.15) is 0 Å². The topological polar surface area (TPSA) is 3.24 Å². The van der Waals surface area contributed by atoms with E-state index >= 15 is 0 Å². The molecule has 0 aliphatic heterocycles. The molecule has 1 heteroatoms. The first-order valence-electron chi connectivity index (χ1n) is 23.9. The number of hydrogen-bond donors (Lipinski definition) is 0. The van der Waals surface area contributed by atoms with E-state index in [2.05, 4.69) is 207 Å². The van der Waals surface area contributed by atoms with Crippen molar-refractivity contribution in [3.63, 3.8) is 0 Å². The maximum Gasteiger partial charge on any atom is 0.0540 e. The van der Waals surface area contributed by atoms with Crippen molar-refractivity contribution in [2.24, 2.45) is 23.7 Å². The summed E-state index contributed by atoms with van der Waals surface area (Å²) in [6, 6.07) is 72.1. The van der Waals surface area contributed by atoms with Crippen LogP contribution in [0.25, 0.3) is 66.1 Å². The predicted molar refractivity (Wildman–Crippen MR) is 268 cm³/mol. The lowest BCUT2D eigenvalue weighted by molar-refractivity contribution is -0.0399. The van der Waals surface area contributed by atoms with Crippen molar-refractivity contribution in [1.29, 1.82) is 0 Å². The van der Waals surface area contributed by atoms with E-state index < -0.39 is 0 Å². The van der Waals surface area contributed by atoms with E-state index in [1.807, 2.05) is 0 Å². The van der Waals surface area contributed by atoms with Crippen LogP contribution in [0.4, 0.5) is 17.1 Å². The molecule has 4 bridgehead atoms. The monoisotopic (exact) mass is 821 g/mol. The molecule has 0 radical (unpaired) electrons. The summed E-state index contributed by atoms with van der Waals surface area (Å²) in [4.78, 5) is 2.64. The van der Waals surface area contributed by atoms with Gasteiger partial charge in [-0.05, 0) is 157 Å². The van der Waals surface area contributed by atoms with Gasteiger partial charge >= 0.3 is 0 Å². The summed E-state index contributed by atoms with van der Waals surface area (Å²) in [5.74, 6) is 3.17. The number of nitrogens with zero attached hydrogens (tertiary/aromatic N) is 1. The van der Waals surface area contributed by atoms with Crippen molar-refractivity contribution >= 4 is 38.6 Å². The molecule has 0 unspecified atom stereocenters. The Bertz CT molecular complexity index is 3370. The standard InChI is InChI=1S/C63H51N/c1-62(2)56-25-9-5-18-50(56)54-23-14-24-55(61(54)62)53-20-8-12-28-60(53)64(59-27-11-7-19-52(59)47-22-13-21-46-45-16-4-3-15-41(45)29-31-48(46)47)44-30-32-51-49-17-6-10-26-57(49)63(58(51)38-44)42-34-39-33-40(36-42)37-43(63)35-39/h3-32,38-40,42-43H,33-37H2,1-2H3. The van der Waals surface area contributed by atoms with E-state index in [1.54, 1.807) is 11.1 Å². The summed E-state index contributed by atoms with van der Waals surface area (Å²) in [5, 5.41) is 5.13. The van der Waals surface area contributed by atoms with Crippen LogP contribution in [0.3, 0.4) is 0 Å². The Hall–Kier alpha value is -6.70. The molecule has 0 N–H and O–H groups in total. The highest BCUT2D eigenvalue weighted by Gasteiger charge is 2.61. The smallest absolute Gasteiger partial charge is 0.0540 e. The highest BCUT2D eigenvalue weighted by molar-refractivity contribution is 6.13. The fourth-order valence-corrected chi connectivity index (χ4v) is 14.8. The van der Waals surface area contributed by atoms with E-state index in [4.69, 9.17) is 0 Å². The van der Waals surface area contributed by atoms with Gasteiger partial charge in [-0.25, -0.2) is 0 Å². The molecule has 6 aliphatic carbocycles. The lowest BCUT2D eigenvalue weighted by Crippen LogP contribution is -2.55. The fourth-order valence-electron chi connectivity index (χ4n) is 14.8. The fraction of sp³-hybridized carbons (Fsp3) is 0.206. The zero-order chi connectivity index (χ0) is 42.3. The number of para-hydroxylation sites is 2. The first kappa shape index (κ1) is 36.8. The highest BCUT2D eigenvalue weighted by Crippen LogP contribution is 2.70. The van der Waals surface area contributed by atoms with Crippen LogP contribution in [-0.2, 0) is 10.8 Å². The quantitative estimate of drug-likeness (QED) is 0.156. The van der Waals surface area contributed by atoms with E-state index in [1.165, 1.54) is 126 Å². The van der Waals surface area contributed by atoms with Crippen LogP contribution < -0.4 is 4.90 Å². The molecule has 0 saturated heterocycles. The van der Waals surface area contributed by atoms with Crippen LogP contribution in [0.1, 0.15) is 68.2 Å². The summed E-state index contributed by atoms with van der Waals surface area (Å²) in [6.45, 7) is 4.84. The normalized spacial score (nSPS) is 22.7. The van der Waals surface area contributed by atoms with Gasteiger partial charge in [0, 0.05) is 27.6 Å². The summed E-state index contributed by atoms with van der Waals surface area (Å²) in [6.07, 6.45) is 6.93. The number of anilines is 3. The minimum absolute atomic E-state index is 0.0623. The molecule has 9 aromatic rings. The largest absolute Gasteiger partial charge is 0.309 e. The molecule has 1 nitrogen and oxygen atoms in total. The summed E-state index contributed by atoms with van der Waals surface area (Å²) in [5.41, 5.74) is 20.2. The van der Waals surface area contributed by atoms with E-state index in [9.17, 15) is 0 Å². The Morgan fingerprint density at radius 3 is 1.62 bits per heavy atom. The molecule has 64 heavy (non-hydrogen) atoms. The maximum atomic E-state index is 2.68. The van der Waals surface area contributed by atoms with Gasteiger partial charge in [0.05, 0.1) is 11.4 Å². The summed E-state index contributed by atoms with van der Waals surface area (Å²) in [7, 11) is 0. The second-order valence-corrected chi connectivity index (χ2v) is 20.4. The zero-order valence-corrected chi connectivity index (χ0v) is 36.7. The van der Waals surface area contributed by atoms with E-state index in [0.717, 1.165) is 11.8 Å². The van der Waals surface area contributed by atoms with Gasteiger partial charge in [0.2, 0.25) is 0 Å². The average Bonchev–Trinajstić information content (AvgIpc) is 3.76. The number of benzene rings is 9. The van der Waals surface area contributed by atoms with Gasteiger partial charge < -0.3 is 4.90 Å². The van der Waals surface area contributed by atoms with Gasteiger partial charge in [0.25, 0.3) is 0 Å². The van der Waals surface area contributed by atoms with Crippen LogP contribution in [0, 0.1) is 23.7 Å². The Morgan fingerprint density at radius 2 is 0.891 bits per heavy atom. The highest BCUT2D eigenvalue weighted by atomic mass is 15.1. The molecular weight excluding hydrogens is 771 g/mol. The van der Waals surface area contributed by atoms with Crippen LogP contribution >= 0.6 is 0 Å². The van der Waals surface area contributed by atoms with Crippen LogP contribution in [-0.4, -0.2) is 0 Å². The minimum atomic E-state index is -0.157. The lowest BCUT2D eigenvalue weighted by atomic mass is 9.43. The molecule has 0 atom stereocenters. The maximum absolute atomic E-state index is 2.68. The first-order valence-corrected chi connectivity index (χ1v) is 23.9. The number of rotatable bonds is 5. The van der Waals surface area contributed by atoms with Gasteiger partial charge in [0.15, 0.2) is 0 Å². The van der Waals surface area contributed by atoms with Crippen molar-refractivity contribution in [3.8, 4) is 44.5 Å².